The van der Waals surface area contributed by atoms with E-state index < -0.39 is 28.5 Å². The van der Waals surface area contributed by atoms with Crippen LogP contribution in [0.15, 0.2) is 108 Å². The summed E-state index contributed by atoms with van der Waals surface area (Å²) in [5, 5.41) is 3.65. The maximum Gasteiger partial charge on any atom is 0.264 e. The van der Waals surface area contributed by atoms with Crippen molar-refractivity contribution in [3.8, 4) is 0 Å². The number of nitrogens with zero attached hydrogens (tertiary/aromatic N) is 2. The second-order valence-corrected chi connectivity index (χ2v) is 13.6. The Balaban J connectivity index is 1.84. The molecular formula is C36H39Cl2N3O4S. The maximum absolute atomic E-state index is 14.7. The molecule has 4 rings (SSSR count). The Bertz CT molecular complexity index is 1700. The fourth-order valence-corrected chi connectivity index (χ4v) is 7.19. The zero-order valence-electron chi connectivity index (χ0n) is 26.0. The molecule has 2 amide bonds. The first kappa shape index (κ1) is 35.0. The van der Waals surface area contributed by atoms with Gasteiger partial charge >= 0.3 is 0 Å². The summed E-state index contributed by atoms with van der Waals surface area (Å²) in [4.78, 5) is 30.0. The van der Waals surface area contributed by atoms with Crippen molar-refractivity contribution < 1.29 is 18.0 Å². The normalized spacial score (nSPS) is 11.9. The molecule has 0 aliphatic carbocycles. The first-order valence-corrected chi connectivity index (χ1v) is 17.6. The third-order valence-corrected chi connectivity index (χ3v) is 10.2. The van der Waals surface area contributed by atoms with Gasteiger partial charge in [-0.1, -0.05) is 116 Å². The molecule has 7 nitrogen and oxygen atoms in total. The Morgan fingerprint density at radius 3 is 2.04 bits per heavy atom. The molecule has 46 heavy (non-hydrogen) atoms. The molecule has 0 heterocycles. The molecule has 0 unspecified atom stereocenters. The molecule has 242 valence electrons. The Morgan fingerprint density at radius 2 is 1.41 bits per heavy atom. The second-order valence-electron chi connectivity index (χ2n) is 10.9. The molecule has 1 N–H and O–H groups in total. The van der Waals surface area contributed by atoms with Crippen LogP contribution in [0.4, 0.5) is 5.69 Å². The summed E-state index contributed by atoms with van der Waals surface area (Å²) in [6, 6.07) is 28.6. The Kier molecular flexibility index (Phi) is 12.7. The van der Waals surface area contributed by atoms with Crippen LogP contribution in [0.3, 0.4) is 0 Å². The summed E-state index contributed by atoms with van der Waals surface area (Å²) < 4.78 is 29.6. The highest BCUT2D eigenvalue weighted by Crippen LogP contribution is 2.30. The molecule has 0 saturated carbocycles. The summed E-state index contributed by atoms with van der Waals surface area (Å²) in [5.74, 6) is -0.923. The summed E-state index contributed by atoms with van der Waals surface area (Å²) in [6.45, 7) is 3.73. The van der Waals surface area contributed by atoms with Gasteiger partial charge in [-0.15, -0.1) is 0 Å². The summed E-state index contributed by atoms with van der Waals surface area (Å²) in [5.41, 5.74) is 2.45. The van der Waals surface area contributed by atoms with Crippen molar-refractivity contribution in [3.05, 3.63) is 130 Å². The molecule has 0 bridgehead atoms. The molecule has 0 saturated heterocycles. The SMILES string of the molecule is CCCCNC(=O)[C@@H](Cc1ccccc1)N(Cc1c(Cl)cccc1Cl)C(=O)CN(c1ccccc1CC)S(=O)(=O)c1ccccc1. The largest absolute Gasteiger partial charge is 0.354 e. The molecule has 10 heteroatoms. The van der Waals surface area contributed by atoms with Crippen LogP contribution in [0.1, 0.15) is 43.4 Å². The van der Waals surface area contributed by atoms with Crippen molar-refractivity contribution in [2.45, 2.75) is 57.0 Å². The van der Waals surface area contributed by atoms with Crippen LogP contribution in [0, 0.1) is 0 Å². The lowest BCUT2D eigenvalue weighted by Gasteiger charge is -2.34. The maximum atomic E-state index is 14.7. The van der Waals surface area contributed by atoms with Gasteiger partial charge in [0.15, 0.2) is 0 Å². The van der Waals surface area contributed by atoms with Gasteiger partial charge < -0.3 is 10.2 Å². The molecule has 0 fully saturated rings. The number of anilines is 1. The van der Waals surface area contributed by atoms with Gasteiger partial charge in [-0.3, -0.25) is 13.9 Å². The van der Waals surface area contributed by atoms with Crippen LogP contribution in [-0.2, 0) is 39.0 Å². The Labute approximate surface area is 282 Å². The number of hydrogen-bond acceptors (Lipinski definition) is 4. The van der Waals surface area contributed by atoms with Crippen molar-refractivity contribution in [2.75, 3.05) is 17.4 Å². The summed E-state index contributed by atoms with van der Waals surface area (Å²) in [6.07, 6.45) is 2.39. The number of nitrogens with one attached hydrogen (secondary N) is 1. The van der Waals surface area contributed by atoms with Crippen molar-refractivity contribution in [1.82, 2.24) is 10.2 Å². The minimum Gasteiger partial charge on any atom is -0.354 e. The van der Waals surface area contributed by atoms with Gasteiger partial charge in [0.2, 0.25) is 11.8 Å². The van der Waals surface area contributed by atoms with Crippen molar-refractivity contribution >= 4 is 50.7 Å². The lowest BCUT2D eigenvalue weighted by atomic mass is 10.0. The number of carbonyl (C=O) groups excluding carboxylic acids is 2. The van der Waals surface area contributed by atoms with E-state index in [2.05, 4.69) is 5.32 Å². The number of aryl methyl sites for hydroxylation is 1. The van der Waals surface area contributed by atoms with Crippen LogP contribution in [0.25, 0.3) is 0 Å². The predicted molar refractivity (Wildman–Crippen MR) is 186 cm³/mol. The van der Waals surface area contributed by atoms with E-state index in [1.54, 1.807) is 48.5 Å². The van der Waals surface area contributed by atoms with E-state index in [9.17, 15) is 18.0 Å². The third kappa shape index (κ3) is 8.69. The van der Waals surface area contributed by atoms with E-state index in [0.29, 0.717) is 34.3 Å². The predicted octanol–water partition coefficient (Wildman–Crippen LogP) is 7.31. The van der Waals surface area contributed by atoms with E-state index in [1.165, 1.54) is 17.0 Å². The van der Waals surface area contributed by atoms with Gasteiger partial charge in [0.1, 0.15) is 12.6 Å². The monoisotopic (exact) mass is 679 g/mol. The smallest absolute Gasteiger partial charge is 0.264 e. The number of para-hydroxylation sites is 1. The molecule has 0 aliphatic heterocycles. The van der Waals surface area contributed by atoms with Gasteiger partial charge in [-0.25, -0.2) is 8.42 Å². The van der Waals surface area contributed by atoms with Crippen molar-refractivity contribution in [2.24, 2.45) is 0 Å². The summed E-state index contributed by atoms with van der Waals surface area (Å²) >= 11 is 13.2. The van der Waals surface area contributed by atoms with Crippen LogP contribution in [0.2, 0.25) is 10.0 Å². The highest BCUT2D eigenvalue weighted by atomic mass is 35.5. The molecule has 0 aliphatic rings. The van der Waals surface area contributed by atoms with Gasteiger partial charge in [0.25, 0.3) is 10.0 Å². The zero-order valence-corrected chi connectivity index (χ0v) is 28.4. The van der Waals surface area contributed by atoms with E-state index in [4.69, 9.17) is 23.2 Å². The fraction of sp³-hybridized carbons (Fsp3) is 0.278. The minimum atomic E-state index is -4.19. The van der Waals surface area contributed by atoms with Crippen LogP contribution in [0.5, 0.6) is 0 Å². The number of carbonyl (C=O) groups is 2. The molecule has 1 atom stereocenters. The second kappa shape index (κ2) is 16.6. The number of halogens is 2. The van der Waals surface area contributed by atoms with Crippen molar-refractivity contribution in [1.29, 1.82) is 0 Å². The van der Waals surface area contributed by atoms with Crippen LogP contribution < -0.4 is 9.62 Å². The highest BCUT2D eigenvalue weighted by Gasteiger charge is 2.35. The number of unbranched alkanes of at least 4 members (excludes halogenated alkanes) is 1. The van der Waals surface area contributed by atoms with Gasteiger partial charge in [0, 0.05) is 35.1 Å². The van der Waals surface area contributed by atoms with E-state index in [1.807, 2.05) is 56.3 Å². The van der Waals surface area contributed by atoms with Crippen LogP contribution >= 0.6 is 23.2 Å². The average molecular weight is 681 g/mol. The molecule has 4 aromatic rings. The Hall–Kier alpha value is -3.85. The third-order valence-electron chi connectivity index (χ3n) is 7.74. The summed E-state index contributed by atoms with van der Waals surface area (Å²) in [7, 11) is -4.19. The van der Waals surface area contributed by atoms with Gasteiger partial charge in [-0.2, -0.15) is 0 Å². The number of rotatable bonds is 15. The van der Waals surface area contributed by atoms with Gasteiger partial charge in [0.05, 0.1) is 10.6 Å². The van der Waals surface area contributed by atoms with Crippen molar-refractivity contribution in [3.63, 3.8) is 0 Å². The van der Waals surface area contributed by atoms with E-state index in [0.717, 1.165) is 28.3 Å². The highest BCUT2D eigenvalue weighted by molar-refractivity contribution is 7.92. The first-order valence-electron chi connectivity index (χ1n) is 15.4. The molecule has 0 aromatic heterocycles. The van der Waals surface area contributed by atoms with Crippen LogP contribution in [-0.4, -0.2) is 44.3 Å². The molecule has 0 spiro atoms. The standard InChI is InChI=1S/C36H39Cl2N3O4S/c1-3-5-23-39-36(43)34(24-27-15-8-6-9-16-27)40(25-30-31(37)20-14-21-32(30)38)35(42)26-41(33-22-13-12-17-28(33)4-2)46(44,45)29-18-10-7-11-19-29/h6-22,34H,3-5,23-26H2,1-2H3,(H,39,43)/t34-/m1/s1. The molecular weight excluding hydrogens is 641 g/mol. The zero-order chi connectivity index (χ0) is 33.1. The lowest BCUT2D eigenvalue weighted by molar-refractivity contribution is -0.140. The number of hydrogen-bond donors (Lipinski definition) is 1. The average Bonchev–Trinajstić information content (AvgIpc) is 3.07. The number of benzene rings is 4. The fourth-order valence-electron chi connectivity index (χ4n) is 5.20. The topological polar surface area (TPSA) is 86.8 Å². The minimum absolute atomic E-state index is 0.0487. The molecule has 4 aromatic carbocycles. The first-order chi connectivity index (χ1) is 22.2. The Morgan fingerprint density at radius 1 is 0.804 bits per heavy atom. The van der Waals surface area contributed by atoms with E-state index in [-0.39, 0.29) is 23.8 Å². The molecule has 0 radical (unpaired) electrons. The lowest BCUT2D eigenvalue weighted by Crippen LogP contribution is -2.53. The van der Waals surface area contributed by atoms with E-state index >= 15 is 0 Å². The van der Waals surface area contributed by atoms with Gasteiger partial charge in [-0.05, 0) is 54.3 Å². The quantitative estimate of drug-likeness (QED) is 0.134. The number of sulfonamides is 1. The number of amides is 2.